The van der Waals surface area contributed by atoms with Crippen LogP contribution in [0.5, 0.6) is 0 Å². The lowest BCUT2D eigenvalue weighted by Crippen LogP contribution is -2.36. The number of halogens is 2. The van der Waals surface area contributed by atoms with Crippen molar-refractivity contribution in [3.63, 3.8) is 0 Å². The largest absolute Gasteiger partial charge is 0.378 e. The maximum Gasteiger partial charge on any atom is 0.261 e. The molecule has 8 heteroatoms. The van der Waals surface area contributed by atoms with Crippen LogP contribution in [0.3, 0.4) is 0 Å². The Balaban J connectivity index is 1.95. The Hall–Kier alpha value is -1.83. The van der Waals surface area contributed by atoms with Gasteiger partial charge in [0.05, 0.1) is 29.5 Å². The van der Waals surface area contributed by atoms with Crippen molar-refractivity contribution < 1.29 is 17.5 Å². The van der Waals surface area contributed by atoms with Crippen LogP contribution in [0.1, 0.15) is 5.56 Å². The molecule has 3 rings (SSSR count). The van der Waals surface area contributed by atoms with E-state index in [0.29, 0.717) is 42.6 Å². The molecule has 134 valence electrons. The van der Waals surface area contributed by atoms with Crippen LogP contribution in [0.4, 0.5) is 15.8 Å². The molecule has 0 radical (unpaired) electrons. The molecule has 0 amide bonds. The molecule has 0 aliphatic carbocycles. The van der Waals surface area contributed by atoms with E-state index in [1.807, 2.05) is 4.90 Å². The van der Waals surface area contributed by atoms with E-state index in [9.17, 15) is 12.8 Å². The molecule has 1 saturated heterocycles. The smallest absolute Gasteiger partial charge is 0.261 e. The molecule has 1 fully saturated rings. The zero-order valence-corrected chi connectivity index (χ0v) is 15.2. The molecule has 5 nitrogen and oxygen atoms in total. The van der Waals surface area contributed by atoms with E-state index in [1.165, 1.54) is 30.3 Å². The fraction of sp³-hybridized carbons (Fsp3) is 0.294. The number of benzene rings is 2. The summed E-state index contributed by atoms with van der Waals surface area (Å²) in [6.45, 7) is 4.03. The Bertz CT molecular complexity index is 883. The van der Waals surface area contributed by atoms with Crippen LogP contribution in [0, 0.1) is 12.7 Å². The van der Waals surface area contributed by atoms with Crippen LogP contribution in [0.15, 0.2) is 41.3 Å². The highest BCUT2D eigenvalue weighted by atomic mass is 35.5. The van der Waals surface area contributed by atoms with Crippen LogP contribution in [0.25, 0.3) is 0 Å². The van der Waals surface area contributed by atoms with E-state index in [2.05, 4.69) is 4.72 Å². The molecular weight excluding hydrogens is 367 g/mol. The van der Waals surface area contributed by atoms with Crippen molar-refractivity contribution in [1.29, 1.82) is 0 Å². The number of nitrogens with zero attached hydrogens (tertiary/aromatic N) is 1. The van der Waals surface area contributed by atoms with Crippen molar-refractivity contribution in [3.05, 3.63) is 52.8 Å². The Kier molecular flexibility index (Phi) is 5.17. The number of nitrogens with one attached hydrogen (secondary N) is 1. The first-order chi connectivity index (χ1) is 11.9. The van der Waals surface area contributed by atoms with Crippen molar-refractivity contribution in [1.82, 2.24) is 0 Å². The van der Waals surface area contributed by atoms with Gasteiger partial charge in [-0.2, -0.15) is 0 Å². The van der Waals surface area contributed by atoms with E-state index in [1.54, 1.807) is 13.0 Å². The van der Waals surface area contributed by atoms with Gasteiger partial charge in [-0.15, -0.1) is 0 Å². The van der Waals surface area contributed by atoms with E-state index in [-0.39, 0.29) is 10.6 Å². The molecule has 0 unspecified atom stereocenters. The van der Waals surface area contributed by atoms with Gasteiger partial charge in [0, 0.05) is 24.2 Å². The number of aryl methyl sites for hydroxylation is 1. The predicted molar refractivity (Wildman–Crippen MR) is 96.4 cm³/mol. The number of sulfonamides is 1. The van der Waals surface area contributed by atoms with Gasteiger partial charge >= 0.3 is 0 Å². The standard InChI is InChI=1S/C17H18ClFN2O3S/c1-12-10-14(3-4-15(12)18)25(22,23)20-16-11-13(19)2-5-17(16)21-6-8-24-9-7-21/h2-5,10-11,20H,6-9H2,1H3. The first-order valence-corrected chi connectivity index (χ1v) is 9.64. The van der Waals surface area contributed by atoms with E-state index < -0.39 is 15.8 Å². The maximum absolute atomic E-state index is 13.7. The molecule has 1 aliphatic rings. The fourth-order valence-electron chi connectivity index (χ4n) is 2.66. The van der Waals surface area contributed by atoms with Gasteiger partial charge in [-0.05, 0) is 42.8 Å². The lowest BCUT2D eigenvalue weighted by Gasteiger charge is -2.30. The molecule has 0 atom stereocenters. The van der Waals surface area contributed by atoms with Crippen LogP contribution >= 0.6 is 11.6 Å². The third-order valence-corrected chi connectivity index (χ3v) is 5.78. The highest BCUT2D eigenvalue weighted by Gasteiger charge is 2.21. The summed E-state index contributed by atoms with van der Waals surface area (Å²) >= 11 is 5.96. The Labute approximate surface area is 151 Å². The molecular formula is C17H18ClFN2O3S. The predicted octanol–water partition coefficient (Wildman–Crippen LogP) is 3.42. The minimum Gasteiger partial charge on any atom is -0.378 e. The number of rotatable bonds is 4. The molecule has 2 aromatic carbocycles. The topological polar surface area (TPSA) is 58.6 Å². The minimum atomic E-state index is -3.86. The van der Waals surface area contributed by atoms with Gasteiger partial charge in [-0.3, -0.25) is 4.72 Å². The molecule has 1 heterocycles. The molecule has 0 aromatic heterocycles. The minimum absolute atomic E-state index is 0.0755. The summed E-state index contributed by atoms with van der Waals surface area (Å²) < 4.78 is 46.9. The number of ether oxygens (including phenoxy) is 1. The van der Waals surface area contributed by atoms with Gasteiger partial charge in [0.15, 0.2) is 0 Å². The molecule has 0 saturated carbocycles. The van der Waals surface area contributed by atoms with Gasteiger partial charge in [-0.25, -0.2) is 12.8 Å². The van der Waals surface area contributed by atoms with Gasteiger partial charge < -0.3 is 9.64 Å². The van der Waals surface area contributed by atoms with Crippen LogP contribution in [0.2, 0.25) is 5.02 Å². The Morgan fingerprint density at radius 3 is 2.56 bits per heavy atom. The molecule has 25 heavy (non-hydrogen) atoms. The molecule has 0 bridgehead atoms. The second kappa shape index (κ2) is 7.19. The van der Waals surface area contributed by atoms with E-state index >= 15 is 0 Å². The highest BCUT2D eigenvalue weighted by molar-refractivity contribution is 7.92. The number of morpholine rings is 1. The molecule has 1 N–H and O–H groups in total. The SMILES string of the molecule is Cc1cc(S(=O)(=O)Nc2cc(F)ccc2N2CCOCC2)ccc1Cl. The second-order valence-corrected chi connectivity index (χ2v) is 7.87. The summed E-state index contributed by atoms with van der Waals surface area (Å²) in [5.41, 5.74) is 1.48. The third kappa shape index (κ3) is 4.05. The van der Waals surface area contributed by atoms with E-state index in [4.69, 9.17) is 16.3 Å². The molecule has 1 aliphatic heterocycles. The van der Waals surface area contributed by atoms with Crippen LogP contribution in [-0.4, -0.2) is 34.7 Å². The fourth-order valence-corrected chi connectivity index (χ4v) is 3.93. The van der Waals surface area contributed by atoms with Gasteiger partial charge in [0.1, 0.15) is 5.82 Å². The zero-order valence-electron chi connectivity index (χ0n) is 13.6. The summed E-state index contributed by atoms with van der Waals surface area (Å²) in [6.07, 6.45) is 0. The Morgan fingerprint density at radius 2 is 1.88 bits per heavy atom. The number of anilines is 2. The summed E-state index contributed by atoms with van der Waals surface area (Å²) in [6, 6.07) is 8.51. The number of hydrogen-bond acceptors (Lipinski definition) is 4. The van der Waals surface area contributed by atoms with Crippen molar-refractivity contribution in [2.75, 3.05) is 35.9 Å². The van der Waals surface area contributed by atoms with Crippen molar-refractivity contribution >= 4 is 33.0 Å². The Morgan fingerprint density at radius 1 is 1.16 bits per heavy atom. The highest BCUT2D eigenvalue weighted by Crippen LogP contribution is 2.30. The molecule has 2 aromatic rings. The summed E-state index contributed by atoms with van der Waals surface area (Å²) in [5.74, 6) is -0.512. The summed E-state index contributed by atoms with van der Waals surface area (Å²) in [7, 11) is -3.86. The van der Waals surface area contributed by atoms with Gasteiger partial charge in [-0.1, -0.05) is 11.6 Å². The van der Waals surface area contributed by atoms with E-state index in [0.717, 1.165) is 0 Å². The van der Waals surface area contributed by atoms with Crippen LogP contribution in [-0.2, 0) is 14.8 Å². The quantitative estimate of drug-likeness (QED) is 0.877. The van der Waals surface area contributed by atoms with Crippen molar-refractivity contribution in [2.45, 2.75) is 11.8 Å². The first kappa shape index (κ1) is 18.0. The monoisotopic (exact) mass is 384 g/mol. The summed E-state index contributed by atoms with van der Waals surface area (Å²) in [4.78, 5) is 2.04. The maximum atomic E-state index is 13.7. The average Bonchev–Trinajstić information content (AvgIpc) is 2.58. The second-order valence-electron chi connectivity index (χ2n) is 5.78. The van der Waals surface area contributed by atoms with Crippen molar-refractivity contribution in [3.8, 4) is 0 Å². The van der Waals surface area contributed by atoms with Crippen molar-refractivity contribution in [2.24, 2.45) is 0 Å². The summed E-state index contributed by atoms with van der Waals surface area (Å²) in [5, 5.41) is 0.485. The van der Waals surface area contributed by atoms with Gasteiger partial charge in [0.2, 0.25) is 0 Å². The first-order valence-electron chi connectivity index (χ1n) is 7.78. The number of hydrogen-bond donors (Lipinski definition) is 1. The van der Waals surface area contributed by atoms with Gasteiger partial charge in [0.25, 0.3) is 10.0 Å². The average molecular weight is 385 g/mol. The lowest BCUT2D eigenvalue weighted by molar-refractivity contribution is 0.123. The lowest BCUT2D eigenvalue weighted by atomic mass is 10.2. The third-order valence-electron chi connectivity index (χ3n) is 3.99. The zero-order chi connectivity index (χ0) is 18.0. The molecule has 0 spiro atoms. The van der Waals surface area contributed by atoms with Crippen LogP contribution < -0.4 is 9.62 Å². The normalized spacial score (nSPS) is 15.2.